The van der Waals surface area contributed by atoms with Crippen LogP contribution >= 0.6 is 23.2 Å². The molecule has 0 saturated heterocycles. The summed E-state index contributed by atoms with van der Waals surface area (Å²) in [7, 11) is -4.35. The lowest BCUT2D eigenvalue weighted by Crippen LogP contribution is -2.51. The van der Waals surface area contributed by atoms with Crippen LogP contribution in [0.25, 0.3) is 0 Å². The summed E-state index contributed by atoms with van der Waals surface area (Å²) in [4.78, 5) is 27.9. The summed E-state index contributed by atoms with van der Waals surface area (Å²) in [6.07, 6.45) is 0.685. The van der Waals surface area contributed by atoms with Crippen LogP contribution in [0.15, 0.2) is 71.6 Å². The number of nitrogens with zero attached hydrogens (tertiary/aromatic N) is 2. The van der Waals surface area contributed by atoms with Gasteiger partial charge in [-0.1, -0.05) is 36.2 Å². The van der Waals surface area contributed by atoms with Gasteiger partial charge < -0.3 is 15.0 Å². The number of rotatable bonds is 13. The van der Waals surface area contributed by atoms with Crippen LogP contribution in [-0.2, 0) is 26.2 Å². The first-order valence-corrected chi connectivity index (χ1v) is 15.2. The molecule has 0 aromatic heterocycles. The summed E-state index contributed by atoms with van der Waals surface area (Å²) in [5, 5.41) is 3.35. The minimum absolute atomic E-state index is 0.147. The number of nitrogens with one attached hydrogen (secondary N) is 1. The fourth-order valence-electron chi connectivity index (χ4n) is 3.97. The van der Waals surface area contributed by atoms with E-state index in [0.717, 1.165) is 28.6 Å². The van der Waals surface area contributed by atoms with E-state index >= 15 is 0 Å². The van der Waals surface area contributed by atoms with E-state index in [9.17, 15) is 22.4 Å². The maximum absolute atomic E-state index is 13.9. The monoisotopic (exact) mass is 623 g/mol. The molecule has 0 aliphatic heterocycles. The van der Waals surface area contributed by atoms with Crippen molar-refractivity contribution in [3.05, 3.63) is 88.2 Å². The number of halogens is 3. The molecule has 8 nitrogen and oxygen atoms in total. The summed E-state index contributed by atoms with van der Waals surface area (Å²) in [6, 6.07) is 14.4. The number of anilines is 1. The highest BCUT2D eigenvalue weighted by atomic mass is 35.5. The number of hydrogen-bond acceptors (Lipinski definition) is 5. The van der Waals surface area contributed by atoms with E-state index in [0.29, 0.717) is 40.9 Å². The van der Waals surface area contributed by atoms with Gasteiger partial charge in [-0.2, -0.15) is 0 Å². The highest BCUT2D eigenvalue weighted by Crippen LogP contribution is 2.29. The van der Waals surface area contributed by atoms with Crippen molar-refractivity contribution in [3.63, 3.8) is 0 Å². The molecule has 0 heterocycles. The minimum Gasteiger partial charge on any atom is -0.494 e. The molecule has 2 amide bonds. The van der Waals surface area contributed by atoms with E-state index in [1.165, 1.54) is 17.0 Å². The maximum Gasteiger partial charge on any atom is 0.264 e. The van der Waals surface area contributed by atoms with E-state index in [1.54, 1.807) is 37.3 Å². The Morgan fingerprint density at radius 3 is 2.15 bits per heavy atom. The van der Waals surface area contributed by atoms with Crippen LogP contribution in [-0.4, -0.2) is 50.9 Å². The van der Waals surface area contributed by atoms with Crippen molar-refractivity contribution >= 4 is 50.7 Å². The molecular weight excluding hydrogens is 592 g/mol. The Morgan fingerprint density at radius 1 is 0.976 bits per heavy atom. The zero-order valence-electron chi connectivity index (χ0n) is 22.9. The Balaban J connectivity index is 2.06. The lowest BCUT2D eigenvalue weighted by atomic mass is 10.1. The van der Waals surface area contributed by atoms with E-state index < -0.39 is 40.2 Å². The number of carbonyl (C=O) groups excluding carboxylic acids is 2. The molecule has 0 aliphatic carbocycles. The molecule has 3 aromatic rings. The zero-order chi connectivity index (χ0) is 30.2. The van der Waals surface area contributed by atoms with Gasteiger partial charge in [0.2, 0.25) is 11.8 Å². The Hall–Kier alpha value is -3.34. The topological polar surface area (TPSA) is 96.0 Å². The van der Waals surface area contributed by atoms with Gasteiger partial charge in [0.25, 0.3) is 10.0 Å². The number of sulfonamides is 1. The summed E-state index contributed by atoms with van der Waals surface area (Å²) >= 11 is 12.8. The lowest BCUT2D eigenvalue weighted by Gasteiger charge is -2.32. The van der Waals surface area contributed by atoms with Crippen LogP contribution < -0.4 is 14.4 Å². The van der Waals surface area contributed by atoms with E-state index in [1.807, 2.05) is 13.8 Å². The van der Waals surface area contributed by atoms with Gasteiger partial charge in [-0.15, -0.1) is 0 Å². The molecule has 0 aliphatic rings. The van der Waals surface area contributed by atoms with Gasteiger partial charge >= 0.3 is 0 Å². The molecular formula is C29H32Cl2FN3O5S. The van der Waals surface area contributed by atoms with Gasteiger partial charge in [-0.3, -0.25) is 13.9 Å². The van der Waals surface area contributed by atoms with E-state index in [4.69, 9.17) is 27.9 Å². The van der Waals surface area contributed by atoms with Crippen molar-refractivity contribution in [2.45, 2.75) is 44.7 Å². The minimum atomic E-state index is -4.35. The maximum atomic E-state index is 13.9. The molecule has 0 saturated carbocycles. The van der Waals surface area contributed by atoms with Crippen LogP contribution in [0.3, 0.4) is 0 Å². The third-order valence-corrected chi connectivity index (χ3v) is 8.72. The molecule has 1 atom stereocenters. The third-order valence-electron chi connectivity index (χ3n) is 6.22. The van der Waals surface area contributed by atoms with Crippen molar-refractivity contribution in [1.29, 1.82) is 0 Å². The highest BCUT2D eigenvalue weighted by molar-refractivity contribution is 7.92. The average Bonchev–Trinajstić information content (AvgIpc) is 2.95. The quantitative estimate of drug-likeness (QED) is 0.265. The van der Waals surface area contributed by atoms with Crippen LogP contribution in [0.1, 0.15) is 32.8 Å². The smallest absolute Gasteiger partial charge is 0.264 e. The van der Waals surface area contributed by atoms with E-state index in [-0.39, 0.29) is 17.1 Å². The van der Waals surface area contributed by atoms with Gasteiger partial charge in [0.05, 0.1) is 17.2 Å². The molecule has 0 radical (unpaired) electrons. The molecule has 3 aromatic carbocycles. The number of carbonyl (C=O) groups is 2. The second-order valence-electron chi connectivity index (χ2n) is 9.08. The van der Waals surface area contributed by atoms with Crippen molar-refractivity contribution in [3.8, 4) is 5.75 Å². The fourth-order valence-corrected chi connectivity index (χ4v) is 5.90. The number of ether oxygens (including phenoxy) is 1. The Kier molecular flexibility index (Phi) is 11.4. The molecule has 41 heavy (non-hydrogen) atoms. The lowest BCUT2D eigenvalue weighted by molar-refractivity contribution is -0.139. The van der Waals surface area contributed by atoms with Crippen LogP contribution in [0, 0.1) is 5.82 Å². The first-order valence-electron chi connectivity index (χ1n) is 13.0. The van der Waals surface area contributed by atoms with Crippen molar-refractivity contribution in [1.82, 2.24) is 10.2 Å². The molecule has 0 bridgehead atoms. The van der Waals surface area contributed by atoms with Crippen LogP contribution in [0.2, 0.25) is 10.0 Å². The predicted molar refractivity (Wildman–Crippen MR) is 158 cm³/mol. The van der Waals surface area contributed by atoms with Crippen molar-refractivity contribution in [2.75, 3.05) is 24.0 Å². The van der Waals surface area contributed by atoms with Crippen molar-refractivity contribution in [2.24, 2.45) is 0 Å². The van der Waals surface area contributed by atoms with Crippen molar-refractivity contribution < 1.29 is 27.1 Å². The summed E-state index contributed by atoms with van der Waals surface area (Å²) < 4.78 is 47.6. The molecule has 0 unspecified atom stereocenters. The number of amides is 2. The first-order chi connectivity index (χ1) is 19.5. The van der Waals surface area contributed by atoms with Gasteiger partial charge in [0, 0.05) is 28.7 Å². The Morgan fingerprint density at radius 2 is 1.59 bits per heavy atom. The fraction of sp³-hybridized carbons (Fsp3) is 0.310. The predicted octanol–water partition coefficient (Wildman–Crippen LogP) is 5.67. The molecule has 0 fully saturated rings. The first kappa shape index (κ1) is 32.2. The second-order valence-corrected chi connectivity index (χ2v) is 11.8. The van der Waals surface area contributed by atoms with Crippen LogP contribution in [0.4, 0.5) is 10.1 Å². The Bertz CT molecular complexity index is 1430. The van der Waals surface area contributed by atoms with Gasteiger partial charge in [0.15, 0.2) is 0 Å². The van der Waals surface area contributed by atoms with Gasteiger partial charge in [-0.25, -0.2) is 12.8 Å². The number of benzene rings is 3. The average molecular weight is 625 g/mol. The van der Waals surface area contributed by atoms with Crippen LogP contribution in [0.5, 0.6) is 5.75 Å². The molecule has 1 N–H and O–H groups in total. The van der Waals surface area contributed by atoms with Gasteiger partial charge in [-0.05, 0) is 80.9 Å². The SMILES string of the molecule is CCCNC(=O)[C@@H](C)N(Cc1c(Cl)cccc1Cl)C(=O)CN(c1ccc(OCC)cc1)S(=O)(=O)c1ccc(F)cc1. The highest BCUT2D eigenvalue weighted by Gasteiger charge is 2.33. The second kappa shape index (κ2) is 14.5. The largest absolute Gasteiger partial charge is 0.494 e. The normalized spacial score (nSPS) is 12.0. The molecule has 3 rings (SSSR count). The van der Waals surface area contributed by atoms with Gasteiger partial charge in [0.1, 0.15) is 24.2 Å². The molecule has 0 spiro atoms. The summed E-state index contributed by atoms with van der Waals surface area (Å²) in [6.45, 7) is 5.25. The molecule has 220 valence electrons. The summed E-state index contributed by atoms with van der Waals surface area (Å²) in [5.41, 5.74) is 0.582. The zero-order valence-corrected chi connectivity index (χ0v) is 25.3. The Labute approximate surface area is 250 Å². The molecule has 12 heteroatoms. The number of hydrogen-bond donors (Lipinski definition) is 1. The van der Waals surface area contributed by atoms with E-state index in [2.05, 4.69) is 5.32 Å². The standard InChI is InChI=1S/C29H32Cl2FN3O5S/c1-4-17-33-29(37)20(3)34(18-25-26(30)7-6-8-27(25)31)28(36)19-35(22-11-13-23(14-12-22)40-5-2)41(38,39)24-15-9-21(32)10-16-24/h6-16,20H,4-5,17-19H2,1-3H3,(H,33,37)/t20-/m1/s1. The summed E-state index contributed by atoms with van der Waals surface area (Å²) in [5.74, 6) is -1.20. The third kappa shape index (κ3) is 8.12.